The first-order valence-electron chi connectivity index (χ1n) is 7.75. The topological polar surface area (TPSA) is 48.9 Å². The standard InChI is InChI=1S/C17H30N4O.HI/c1-17(2,21(4)5)14-20-16(18-3)19-12-9-13-22-15-10-7-6-8-11-15;/h6-8,10-11H,9,12-14H2,1-5H3,(H2,18,19,20);1H. The Hall–Kier alpha value is -1.02. The molecule has 0 unspecified atom stereocenters. The van der Waals surface area contributed by atoms with Crippen molar-refractivity contribution in [3.05, 3.63) is 30.3 Å². The van der Waals surface area contributed by atoms with Crippen LogP contribution in [0.25, 0.3) is 0 Å². The molecule has 0 aliphatic carbocycles. The highest BCUT2D eigenvalue weighted by atomic mass is 127. The Labute approximate surface area is 157 Å². The lowest BCUT2D eigenvalue weighted by molar-refractivity contribution is 0.197. The number of aliphatic imine (C=N–C) groups is 1. The lowest BCUT2D eigenvalue weighted by atomic mass is 10.0. The van der Waals surface area contributed by atoms with E-state index in [1.165, 1.54) is 0 Å². The Morgan fingerprint density at radius 3 is 2.39 bits per heavy atom. The lowest BCUT2D eigenvalue weighted by Crippen LogP contribution is -2.51. The van der Waals surface area contributed by atoms with E-state index in [0.717, 1.165) is 31.2 Å². The summed E-state index contributed by atoms with van der Waals surface area (Å²) in [6.45, 7) is 6.74. The van der Waals surface area contributed by atoms with Crippen molar-refractivity contribution in [1.82, 2.24) is 15.5 Å². The van der Waals surface area contributed by atoms with Crippen LogP contribution in [0.1, 0.15) is 20.3 Å². The summed E-state index contributed by atoms with van der Waals surface area (Å²) in [6, 6.07) is 9.88. The fourth-order valence-corrected chi connectivity index (χ4v) is 1.66. The summed E-state index contributed by atoms with van der Waals surface area (Å²) in [5, 5.41) is 6.66. The maximum atomic E-state index is 5.66. The van der Waals surface area contributed by atoms with Crippen molar-refractivity contribution in [1.29, 1.82) is 0 Å². The van der Waals surface area contributed by atoms with Gasteiger partial charge in [0.25, 0.3) is 0 Å². The second kappa shape index (κ2) is 11.5. The Morgan fingerprint density at radius 2 is 1.83 bits per heavy atom. The van der Waals surface area contributed by atoms with Crippen LogP contribution < -0.4 is 15.4 Å². The van der Waals surface area contributed by atoms with Gasteiger partial charge in [-0.15, -0.1) is 24.0 Å². The average molecular weight is 434 g/mol. The second-order valence-corrected chi connectivity index (χ2v) is 6.07. The van der Waals surface area contributed by atoms with Crippen LogP contribution in [0.15, 0.2) is 35.3 Å². The zero-order valence-electron chi connectivity index (χ0n) is 14.9. The number of halogens is 1. The predicted octanol–water partition coefficient (Wildman–Crippen LogP) is 2.58. The average Bonchev–Trinajstić information content (AvgIpc) is 2.50. The first kappa shape index (κ1) is 22.0. The van der Waals surface area contributed by atoms with E-state index in [1.807, 2.05) is 30.3 Å². The summed E-state index contributed by atoms with van der Waals surface area (Å²) in [4.78, 5) is 6.44. The molecule has 1 rings (SSSR count). The number of rotatable bonds is 8. The van der Waals surface area contributed by atoms with Gasteiger partial charge in [-0.1, -0.05) is 18.2 Å². The van der Waals surface area contributed by atoms with Crippen LogP contribution in [0.3, 0.4) is 0 Å². The van der Waals surface area contributed by atoms with E-state index in [4.69, 9.17) is 4.74 Å². The number of nitrogens with zero attached hydrogens (tertiary/aromatic N) is 2. The van der Waals surface area contributed by atoms with Crippen LogP contribution in [-0.2, 0) is 0 Å². The van der Waals surface area contributed by atoms with Gasteiger partial charge in [-0.05, 0) is 46.5 Å². The maximum Gasteiger partial charge on any atom is 0.191 e. The maximum absolute atomic E-state index is 5.66. The van der Waals surface area contributed by atoms with Gasteiger partial charge in [0.1, 0.15) is 5.75 Å². The number of guanidine groups is 1. The molecule has 0 atom stereocenters. The first-order valence-corrected chi connectivity index (χ1v) is 7.75. The molecule has 0 aliphatic heterocycles. The zero-order chi connectivity index (χ0) is 16.4. The molecule has 1 aromatic rings. The second-order valence-electron chi connectivity index (χ2n) is 6.07. The molecule has 2 N–H and O–H groups in total. The van der Waals surface area contributed by atoms with E-state index in [2.05, 4.69) is 48.5 Å². The number of nitrogens with one attached hydrogen (secondary N) is 2. The van der Waals surface area contributed by atoms with Crippen LogP contribution in [0.2, 0.25) is 0 Å². The molecule has 0 spiro atoms. The highest BCUT2D eigenvalue weighted by Crippen LogP contribution is 2.08. The summed E-state index contributed by atoms with van der Waals surface area (Å²) in [5.74, 6) is 1.74. The highest BCUT2D eigenvalue weighted by Gasteiger charge is 2.20. The van der Waals surface area contributed by atoms with Gasteiger partial charge in [0, 0.05) is 25.7 Å². The van der Waals surface area contributed by atoms with Crippen molar-refractivity contribution in [2.45, 2.75) is 25.8 Å². The minimum atomic E-state index is 0. The third-order valence-corrected chi connectivity index (χ3v) is 3.75. The molecule has 23 heavy (non-hydrogen) atoms. The van der Waals surface area contributed by atoms with Gasteiger partial charge in [0.05, 0.1) is 6.61 Å². The lowest BCUT2D eigenvalue weighted by Gasteiger charge is -2.33. The van der Waals surface area contributed by atoms with Crippen molar-refractivity contribution >= 4 is 29.9 Å². The number of likely N-dealkylation sites (N-methyl/N-ethyl adjacent to an activating group) is 1. The zero-order valence-corrected chi connectivity index (χ0v) is 17.3. The number of para-hydroxylation sites is 1. The van der Waals surface area contributed by atoms with Gasteiger partial charge in [0.2, 0.25) is 0 Å². The molecule has 0 saturated carbocycles. The van der Waals surface area contributed by atoms with Gasteiger partial charge in [0.15, 0.2) is 5.96 Å². The number of hydrogen-bond acceptors (Lipinski definition) is 3. The SMILES string of the molecule is CN=C(NCCCOc1ccccc1)NCC(C)(C)N(C)C.I. The van der Waals surface area contributed by atoms with E-state index < -0.39 is 0 Å². The fourth-order valence-electron chi connectivity index (χ4n) is 1.66. The van der Waals surface area contributed by atoms with E-state index >= 15 is 0 Å². The molecule has 0 bridgehead atoms. The Kier molecular flexibility index (Phi) is 11.0. The molecular formula is C17H31IN4O. The van der Waals surface area contributed by atoms with Crippen LogP contribution >= 0.6 is 24.0 Å². The molecule has 0 fully saturated rings. The third-order valence-electron chi connectivity index (χ3n) is 3.75. The molecule has 132 valence electrons. The Morgan fingerprint density at radius 1 is 1.17 bits per heavy atom. The largest absolute Gasteiger partial charge is 0.494 e. The molecule has 1 aromatic carbocycles. The minimum Gasteiger partial charge on any atom is -0.494 e. The van der Waals surface area contributed by atoms with Crippen LogP contribution in [0.5, 0.6) is 5.75 Å². The van der Waals surface area contributed by atoms with Crippen LogP contribution in [-0.4, -0.2) is 57.2 Å². The van der Waals surface area contributed by atoms with Gasteiger partial charge in [-0.2, -0.15) is 0 Å². The normalized spacial score (nSPS) is 11.8. The van der Waals surface area contributed by atoms with Gasteiger partial charge >= 0.3 is 0 Å². The van der Waals surface area contributed by atoms with Crippen molar-refractivity contribution in [2.75, 3.05) is 40.8 Å². The smallest absolute Gasteiger partial charge is 0.191 e. The molecule has 0 amide bonds. The van der Waals surface area contributed by atoms with Crippen molar-refractivity contribution in [3.8, 4) is 5.75 Å². The number of ether oxygens (including phenoxy) is 1. The Bertz CT molecular complexity index is 449. The summed E-state index contributed by atoms with van der Waals surface area (Å²) in [6.07, 6.45) is 0.923. The molecule has 0 aliphatic rings. The molecule has 5 nitrogen and oxygen atoms in total. The van der Waals surface area contributed by atoms with Crippen molar-refractivity contribution < 1.29 is 4.74 Å². The van der Waals surface area contributed by atoms with Gasteiger partial charge in [-0.3, -0.25) is 4.99 Å². The van der Waals surface area contributed by atoms with E-state index in [1.54, 1.807) is 7.05 Å². The predicted molar refractivity (Wildman–Crippen MR) is 109 cm³/mol. The monoisotopic (exact) mass is 434 g/mol. The Balaban J connectivity index is 0.00000484. The summed E-state index contributed by atoms with van der Waals surface area (Å²) in [7, 11) is 5.95. The molecule has 6 heteroatoms. The molecule has 0 radical (unpaired) electrons. The first-order chi connectivity index (χ1) is 10.5. The molecular weight excluding hydrogens is 403 g/mol. The fraction of sp³-hybridized carbons (Fsp3) is 0.588. The van der Waals surface area contributed by atoms with E-state index in [-0.39, 0.29) is 29.5 Å². The van der Waals surface area contributed by atoms with E-state index in [0.29, 0.717) is 6.61 Å². The quantitative estimate of drug-likeness (QED) is 0.286. The van der Waals surface area contributed by atoms with E-state index in [9.17, 15) is 0 Å². The van der Waals surface area contributed by atoms with Gasteiger partial charge < -0.3 is 20.3 Å². The minimum absolute atomic E-state index is 0. The summed E-state index contributed by atoms with van der Waals surface area (Å²) >= 11 is 0. The summed E-state index contributed by atoms with van der Waals surface area (Å²) in [5.41, 5.74) is 0.0774. The summed E-state index contributed by atoms with van der Waals surface area (Å²) < 4.78 is 5.66. The number of benzene rings is 1. The van der Waals surface area contributed by atoms with Crippen LogP contribution in [0, 0.1) is 0 Å². The van der Waals surface area contributed by atoms with Crippen LogP contribution in [0.4, 0.5) is 0 Å². The molecule has 0 heterocycles. The van der Waals surface area contributed by atoms with Crippen molar-refractivity contribution in [3.63, 3.8) is 0 Å². The van der Waals surface area contributed by atoms with Crippen molar-refractivity contribution in [2.24, 2.45) is 4.99 Å². The highest BCUT2D eigenvalue weighted by molar-refractivity contribution is 14.0. The molecule has 0 aromatic heterocycles. The molecule has 0 saturated heterocycles. The third kappa shape index (κ3) is 9.00. The number of hydrogen-bond donors (Lipinski definition) is 2. The van der Waals surface area contributed by atoms with Gasteiger partial charge in [-0.25, -0.2) is 0 Å².